The van der Waals surface area contributed by atoms with Crippen LogP contribution in [0.1, 0.15) is 11.6 Å². The Bertz CT molecular complexity index is 794. The van der Waals surface area contributed by atoms with Crippen molar-refractivity contribution < 1.29 is 4.79 Å². The van der Waals surface area contributed by atoms with Gasteiger partial charge in [0.25, 0.3) is 0 Å². The van der Waals surface area contributed by atoms with Crippen LogP contribution in [0.5, 0.6) is 0 Å². The van der Waals surface area contributed by atoms with Crippen LogP contribution in [-0.4, -0.2) is 73.0 Å². The second-order valence-corrected chi connectivity index (χ2v) is 7.69. The highest BCUT2D eigenvalue weighted by Gasteiger charge is 2.30. The molecule has 1 amide bonds. The van der Waals surface area contributed by atoms with Crippen molar-refractivity contribution in [2.45, 2.75) is 6.04 Å². The molecule has 2 fully saturated rings. The standard InChI is InChI=1S/C21H26ClN5O/c22-18-6-2-1-5-17(18)19-15-23-9-10-27(19)21(28)16-25-11-13-26(14-12-25)20-7-3-4-8-24-20/h1-8,19,23H,9-16H2. The fourth-order valence-electron chi connectivity index (χ4n) is 3.98. The molecule has 1 aromatic carbocycles. The summed E-state index contributed by atoms with van der Waals surface area (Å²) in [5, 5.41) is 4.11. The number of halogens is 1. The Labute approximate surface area is 171 Å². The van der Waals surface area contributed by atoms with Crippen LogP contribution in [-0.2, 0) is 4.79 Å². The number of rotatable bonds is 4. The Morgan fingerprint density at radius 3 is 2.61 bits per heavy atom. The summed E-state index contributed by atoms with van der Waals surface area (Å²) in [6, 6.07) is 13.8. The van der Waals surface area contributed by atoms with E-state index >= 15 is 0 Å². The van der Waals surface area contributed by atoms with E-state index in [-0.39, 0.29) is 11.9 Å². The van der Waals surface area contributed by atoms with Crippen LogP contribution in [0.4, 0.5) is 5.82 Å². The highest BCUT2D eigenvalue weighted by Crippen LogP contribution is 2.28. The Morgan fingerprint density at radius 2 is 1.86 bits per heavy atom. The number of nitrogens with one attached hydrogen (secondary N) is 1. The maximum Gasteiger partial charge on any atom is 0.237 e. The van der Waals surface area contributed by atoms with Crippen molar-refractivity contribution in [3.05, 3.63) is 59.2 Å². The lowest BCUT2D eigenvalue weighted by atomic mass is 10.0. The highest BCUT2D eigenvalue weighted by atomic mass is 35.5. The third-order valence-electron chi connectivity index (χ3n) is 5.53. The summed E-state index contributed by atoms with van der Waals surface area (Å²) in [6.07, 6.45) is 1.82. The largest absolute Gasteiger partial charge is 0.354 e. The molecule has 1 unspecified atom stereocenters. The summed E-state index contributed by atoms with van der Waals surface area (Å²) >= 11 is 6.41. The number of carbonyl (C=O) groups excluding carboxylic acids is 1. The van der Waals surface area contributed by atoms with Crippen molar-refractivity contribution in [2.24, 2.45) is 0 Å². The summed E-state index contributed by atoms with van der Waals surface area (Å²) < 4.78 is 0. The van der Waals surface area contributed by atoms with Crippen molar-refractivity contribution in [3.63, 3.8) is 0 Å². The van der Waals surface area contributed by atoms with Crippen LogP contribution in [0.3, 0.4) is 0 Å². The molecule has 6 nitrogen and oxygen atoms in total. The van der Waals surface area contributed by atoms with E-state index in [1.54, 1.807) is 0 Å². The van der Waals surface area contributed by atoms with Crippen molar-refractivity contribution >= 4 is 23.3 Å². The minimum absolute atomic E-state index is 0.00948. The fourth-order valence-corrected chi connectivity index (χ4v) is 4.25. The lowest BCUT2D eigenvalue weighted by Crippen LogP contribution is -2.54. The zero-order chi connectivity index (χ0) is 19.3. The summed E-state index contributed by atoms with van der Waals surface area (Å²) in [4.78, 5) is 24.0. The number of pyridine rings is 1. The van der Waals surface area contributed by atoms with Gasteiger partial charge >= 0.3 is 0 Å². The average Bonchev–Trinajstić information content (AvgIpc) is 2.75. The zero-order valence-corrected chi connectivity index (χ0v) is 16.7. The van der Waals surface area contributed by atoms with Gasteiger partial charge in [-0.05, 0) is 23.8 Å². The lowest BCUT2D eigenvalue weighted by Gasteiger charge is -2.40. The number of anilines is 1. The first-order valence-corrected chi connectivity index (χ1v) is 10.2. The SMILES string of the molecule is O=C(CN1CCN(c2ccccn2)CC1)N1CCNCC1c1ccccc1Cl. The molecule has 1 atom stereocenters. The van der Waals surface area contributed by atoms with Gasteiger partial charge in [-0.15, -0.1) is 0 Å². The number of amides is 1. The van der Waals surface area contributed by atoms with E-state index in [4.69, 9.17) is 11.6 Å². The molecule has 2 aliphatic rings. The van der Waals surface area contributed by atoms with Gasteiger partial charge in [0.05, 0.1) is 12.6 Å². The van der Waals surface area contributed by atoms with E-state index in [2.05, 4.69) is 20.1 Å². The average molecular weight is 400 g/mol. The van der Waals surface area contributed by atoms with Crippen molar-refractivity contribution in [2.75, 3.05) is 57.3 Å². The van der Waals surface area contributed by atoms with Crippen molar-refractivity contribution in [1.82, 2.24) is 20.1 Å². The number of benzene rings is 1. The highest BCUT2D eigenvalue weighted by molar-refractivity contribution is 6.31. The molecule has 0 radical (unpaired) electrons. The molecule has 0 aliphatic carbocycles. The van der Waals surface area contributed by atoms with E-state index in [1.165, 1.54) is 0 Å². The fraction of sp³-hybridized carbons (Fsp3) is 0.429. The van der Waals surface area contributed by atoms with Crippen molar-refractivity contribution in [3.8, 4) is 0 Å². The van der Waals surface area contributed by atoms with Crippen molar-refractivity contribution in [1.29, 1.82) is 0 Å². The minimum atomic E-state index is -0.00948. The molecular weight excluding hydrogens is 374 g/mol. The summed E-state index contributed by atoms with van der Waals surface area (Å²) in [5.41, 5.74) is 1.02. The maximum atomic E-state index is 13.1. The predicted molar refractivity (Wildman–Crippen MR) is 112 cm³/mol. The van der Waals surface area contributed by atoms with E-state index in [1.807, 2.05) is 53.6 Å². The Kier molecular flexibility index (Phi) is 6.10. The van der Waals surface area contributed by atoms with Gasteiger partial charge < -0.3 is 15.1 Å². The van der Waals surface area contributed by atoms with E-state index in [0.717, 1.165) is 55.7 Å². The first-order valence-electron chi connectivity index (χ1n) is 9.85. The molecule has 3 heterocycles. The van der Waals surface area contributed by atoms with Gasteiger partial charge in [0.15, 0.2) is 0 Å². The smallest absolute Gasteiger partial charge is 0.237 e. The van der Waals surface area contributed by atoms with Gasteiger partial charge in [0.2, 0.25) is 5.91 Å². The molecule has 148 valence electrons. The number of nitrogens with zero attached hydrogens (tertiary/aromatic N) is 4. The lowest BCUT2D eigenvalue weighted by molar-refractivity contribution is -0.135. The number of carbonyl (C=O) groups is 1. The van der Waals surface area contributed by atoms with Gasteiger partial charge in [-0.1, -0.05) is 35.9 Å². The molecule has 2 saturated heterocycles. The Morgan fingerprint density at radius 1 is 1.07 bits per heavy atom. The van der Waals surface area contributed by atoms with Gasteiger partial charge in [-0.25, -0.2) is 4.98 Å². The molecule has 7 heteroatoms. The molecular formula is C21H26ClN5O. The van der Waals surface area contributed by atoms with E-state index in [9.17, 15) is 4.79 Å². The van der Waals surface area contributed by atoms with Gasteiger partial charge in [-0.2, -0.15) is 0 Å². The first-order chi connectivity index (χ1) is 13.7. The molecule has 0 bridgehead atoms. The second kappa shape index (κ2) is 8.90. The Balaban J connectivity index is 1.37. The quantitative estimate of drug-likeness (QED) is 0.852. The third-order valence-corrected chi connectivity index (χ3v) is 5.88. The maximum absolute atomic E-state index is 13.1. The molecule has 1 N–H and O–H groups in total. The summed E-state index contributed by atoms with van der Waals surface area (Å²) in [7, 11) is 0. The molecule has 4 rings (SSSR count). The van der Waals surface area contributed by atoms with Crippen LogP contribution >= 0.6 is 11.6 Å². The van der Waals surface area contributed by atoms with E-state index < -0.39 is 0 Å². The molecule has 1 aromatic heterocycles. The van der Waals surface area contributed by atoms with E-state index in [0.29, 0.717) is 13.1 Å². The normalized spacial score (nSPS) is 21.0. The third kappa shape index (κ3) is 4.29. The van der Waals surface area contributed by atoms with Gasteiger partial charge in [0, 0.05) is 57.0 Å². The van der Waals surface area contributed by atoms with Crippen LogP contribution < -0.4 is 10.2 Å². The molecule has 0 saturated carbocycles. The van der Waals surface area contributed by atoms with Gasteiger partial charge in [-0.3, -0.25) is 9.69 Å². The molecule has 28 heavy (non-hydrogen) atoms. The molecule has 2 aromatic rings. The molecule has 0 spiro atoms. The molecule has 2 aliphatic heterocycles. The Hall–Kier alpha value is -2.15. The van der Waals surface area contributed by atoms with Crippen LogP contribution in [0, 0.1) is 0 Å². The van der Waals surface area contributed by atoms with Crippen LogP contribution in [0.25, 0.3) is 0 Å². The zero-order valence-electron chi connectivity index (χ0n) is 15.9. The second-order valence-electron chi connectivity index (χ2n) is 7.28. The number of hydrogen-bond acceptors (Lipinski definition) is 5. The monoisotopic (exact) mass is 399 g/mol. The number of piperazine rings is 2. The first kappa shape index (κ1) is 19.2. The van der Waals surface area contributed by atoms with Crippen LogP contribution in [0.2, 0.25) is 5.02 Å². The predicted octanol–water partition coefficient (Wildman–Crippen LogP) is 2.03. The van der Waals surface area contributed by atoms with Gasteiger partial charge in [0.1, 0.15) is 5.82 Å². The number of aromatic nitrogens is 1. The summed E-state index contributed by atoms with van der Waals surface area (Å²) in [5.74, 6) is 1.19. The van der Waals surface area contributed by atoms with Crippen LogP contribution in [0.15, 0.2) is 48.7 Å². The topological polar surface area (TPSA) is 51.7 Å². The minimum Gasteiger partial charge on any atom is -0.354 e. The summed E-state index contributed by atoms with van der Waals surface area (Å²) in [6.45, 7) is 6.23. The number of hydrogen-bond donors (Lipinski definition) is 1.